The van der Waals surface area contributed by atoms with Crippen molar-refractivity contribution in [3.8, 4) is 5.75 Å². The molecule has 0 N–H and O–H groups in total. The van der Waals surface area contributed by atoms with E-state index in [4.69, 9.17) is 4.74 Å². The maximum Gasteiger partial charge on any atom is 0.174 e. The summed E-state index contributed by atoms with van der Waals surface area (Å²) in [5.41, 5.74) is 5.52. The number of aromatic nitrogens is 4. The van der Waals surface area contributed by atoms with Crippen molar-refractivity contribution in [2.24, 2.45) is 5.92 Å². The minimum atomic E-state index is -0.226. The van der Waals surface area contributed by atoms with E-state index in [2.05, 4.69) is 90.5 Å². The molecule has 1 aliphatic carbocycles. The van der Waals surface area contributed by atoms with Gasteiger partial charge in [0.2, 0.25) is 0 Å². The number of aryl methyl sites for hydroxylation is 3. The maximum absolute atomic E-state index is 6.44. The maximum atomic E-state index is 6.44. The quantitative estimate of drug-likeness (QED) is 0.439. The number of fused-ring (bicyclic) bond motifs is 2. The van der Waals surface area contributed by atoms with Crippen molar-refractivity contribution in [1.29, 1.82) is 0 Å². The van der Waals surface area contributed by atoms with E-state index in [1.807, 2.05) is 6.92 Å². The van der Waals surface area contributed by atoms with Crippen LogP contribution >= 0.6 is 0 Å². The van der Waals surface area contributed by atoms with Gasteiger partial charge in [-0.05, 0) is 79.8 Å². The van der Waals surface area contributed by atoms with Crippen LogP contribution in [0.25, 0.3) is 0 Å². The lowest BCUT2D eigenvalue weighted by atomic mass is 9.83. The summed E-state index contributed by atoms with van der Waals surface area (Å²) in [5.74, 6) is 2.90. The van der Waals surface area contributed by atoms with Crippen molar-refractivity contribution in [2.45, 2.75) is 91.0 Å². The smallest absolute Gasteiger partial charge is 0.174 e. The average Bonchev–Trinajstić information content (AvgIpc) is 3.43. The van der Waals surface area contributed by atoms with E-state index in [-0.39, 0.29) is 5.60 Å². The van der Waals surface area contributed by atoms with Gasteiger partial charge in [0.15, 0.2) is 5.82 Å². The molecule has 2 aliphatic rings. The molecule has 2 unspecified atom stereocenters. The number of nitrogens with zero attached hydrogens (tertiary/aromatic N) is 5. The van der Waals surface area contributed by atoms with Gasteiger partial charge in [0.05, 0.1) is 6.54 Å². The molecule has 2 atom stereocenters. The molecule has 5 rings (SSSR count). The summed E-state index contributed by atoms with van der Waals surface area (Å²) in [6.45, 7) is 13.7. The molecule has 0 saturated heterocycles. The van der Waals surface area contributed by atoms with Crippen LogP contribution in [0.5, 0.6) is 5.75 Å². The Morgan fingerprint density at radius 1 is 1.11 bits per heavy atom. The lowest BCUT2D eigenvalue weighted by Crippen LogP contribution is -2.41. The second kappa shape index (κ2) is 9.73. The Hall–Kier alpha value is -2.73. The van der Waals surface area contributed by atoms with Gasteiger partial charge in [0, 0.05) is 31.1 Å². The predicted octanol–water partition coefficient (Wildman–Crippen LogP) is 5.73. The highest BCUT2D eigenvalue weighted by Crippen LogP contribution is 2.42. The predicted molar refractivity (Wildman–Crippen MR) is 138 cm³/mol. The monoisotopic (exact) mass is 473 g/mol. The molecule has 0 spiro atoms. The molecule has 35 heavy (non-hydrogen) atoms. The molecule has 2 heterocycles. The van der Waals surface area contributed by atoms with Crippen molar-refractivity contribution < 1.29 is 4.74 Å². The van der Waals surface area contributed by atoms with E-state index in [0.29, 0.717) is 17.9 Å². The van der Waals surface area contributed by atoms with Crippen LogP contribution in [0.1, 0.15) is 87.5 Å². The number of tetrazole rings is 1. The molecule has 6 heteroatoms. The van der Waals surface area contributed by atoms with Crippen molar-refractivity contribution in [3.63, 3.8) is 0 Å². The number of ether oxygens (including phenoxy) is 1. The van der Waals surface area contributed by atoms with Crippen LogP contribution in [-0.2, 0) is 25.9 Å². The van der Waals surface area contributed by atoms with Crippen molar-refractivity contribution >= 4 is 0 Å². The van der Waals surface area contributed by atoms with E-state index in [1.54, 1.807) is 4.80 Å². The topological polar surface area (TPSA) is 56.1 Å². The normalized spacial score (nSPS) is 20.2. The van der Waals surface area contributed by atoms with E-state index >= 15 is 0 Å². The summed E-state index contributed by atoms with van der Waals surface area (Å²) in [7, 11) is 0. The zero-order valence-corrected chi connectivity index (χ0v) is 21.9. The number of rotatable bonds is 7. The van der Waals surface area contributed by atoms with Crippen LogP contribution in [0.3, 0.4) is 0 Å². The minimum Gasteiger partial charge on any atom is -0.486 e. The third kappa shape index (κ3) is 5.13. The van der Waals surface area contributed by atoms with Crippen LogP contribution in [0.4, 0.5) is 0 Å². The number of benzene rings is 2. The fourth-order valence-electron chi connectivity index (χ4n) is 5.94. The Morgan fingerprint density at radius 2 is 1.94 bits per heavy atom. The van der Waals surface area contributed by atoms with Gasteiger partial charge in [-0.3, -0.25) is 4.90 Å². The number of hydrogen-bond donors (Lipinski definition) is 0. The summed E-state index contributed by atoms with van der Waals surface area (Å²) >= 11 is 0. The van der Waals surface area contributed by atoms with Gasteiger partial charge in [-0.25, -0.2) is 0 Å². The molecule has 0 amide bonds. The summed E-state index contributed by atoms with van der Waals surface area (Å²) in [5, 5.41) is 12.9. The van der Waals surface area contributed by atoms with Gasteiger partial charge in [0.25, 0.3) is 0 Å². The van der Waals surface area contributed by atoms with Crippen LogP contribution < -0.4 is 4.74 Å². The number of hydrogen-bond acceptors (Lipinski definition) is 5. The standard InChI is InChI=1S/C29H39N5O/c1-6-34-31-28(30-32-34)16-14-24(20(2)3)22-12-11-21-13-15-26(25(21)17-22)33-18-23-9-7-8-10-27(23)35-29(4,5)19-33/h7-12,17,20,24,26H,6,13-16,18-19H2,1-5H3. The highest BCUT2D eigenvalue weighted by molar-refractivity contribution is 5.41. The van der Waals surface area contributed by atoms with Gasteiger partial charge in [0.1, 0.15) is 11.4 Å². The average molecular weight is 474 g/mol. The highest BCUT2D eigenvalue weighted by Gasteiger charge is 2.36. The van der Waals surface area contributed by atoms with Crippen molar-refractivity contribution in [1.82, 2.24) is 25.1 Å². The third-order valence-corrected chi connectivity index (χ3v) is 7.66. The highest BCUT2D eigenvalue weighted by atomic mass is 16.5. The molecule has 0 bridgehead atoms. The van der Waals surface area contributed by atoms with E-state index < -0.39 is 0 Å². The van der Waals surface area contributed by atoms with E-state index in [0.717, 1.165) is 50.5 Å². The van der Waals surface area contributed by atoms with Gasteiger partial charge >= 0.3 is 0 Å². The molecule has 3 aromatic rings. The summed E-state index contributed by atoms with van der Waals surface area (Å²) < 4.78 is 6.44. The third-order valence-electron chi connectivity index (χ3n) is 7.66. The molecule has 186 valence electrons. The number of para-hydroxylation sites is 1. The zero-order valence-electron chi connectivity index (χ0n) is 21.9. The lowest BCUT2D eigenvalue weighted by Gasteiger charge is -2.34. The Balaban J connectivity index is 1.40. The zero-order chi connectivity index (χ0) is 24.6. The molecular weight excluding hydrogens is 434 g/mol. The Labute approximate surface area is 209 Å². The second-order valence-electron chi connectivity index (χ2n) is 11.2. The first-order valence-electron chi connectivity index (χ1n) is 13.2. The fourth-order valence-corrected chi connectivity index (χ4v) is 5.94. The molecule has 0 radical (unpaired) electrons. The van der Waals surface area contributed by atoms with Gasteiger partial charge in [-0.1, -0.05) is 50.2 Å². The van der Waals surface area contributed by atoms with Crippen LogP contribution in [-0.4, -0.2) is 37.3 Å². The molecule has 6 nitrogen and oxygen atoms in total. The molecule has 0 fully saturated rings. The minimum absolute atomic E-state index is 0.226. The first-order chi connectivity index (χ1) is 16.8. The SMILES string of the molecule is CCn1nnc(CCC(c2ccc3c(c2)C(N2Cc4ccccc4OC(C)(C)C2)CC3)C(C)C)n1. The first-order valence-corrected chi connectivity index (χ1v) is 13.2. The lowest BCUT2D eigenvalue weighted by molar-refractivity contribution is 0.0521. The van der Waals surface area contributed by atoms with Gasteiger partial charge in [-0.15, -0.1) is 10.2 Å². The Kier molecular flexibility index (Phi) is 6.67. The molecular formula is C29H39N5O. The van der Waals surface area contributed by atoms with E-state index in [1.165, 1.54) is 28.7 Å². The van der Waals surface area contributed by atoms with Gasteiger partial charge in [-0.2, -0.15) is 4.80 Å². The fraction of sp³-hybridized carbons (Fsp3) is 0.552. The van der Waals surface area contributed by atoms with Gasteiger partial charge < -0.3 is 4.74 Å². The Morgan fingerprint density at radius 3 is 2.71 bits per heavy atom. The van der Waals surface area contributed by atoms with Crippen LogP contribution in [0.15, 0.2) is 42.5 Å². The molecule has 1 aromatic heterocycles. The summed E-state index contributed by atoms with van der Waals surface area (Å²) in [6.07, 6.45) is 4.22. The summed E-state index contributed by atoms with van der Waals surface area (Å²) in [4.78, 5) is 4.32. The second-order valence-corrected chi connectivity index (χ2v) is 11.2. The summed E-state index contributed by atoms with van der Waals surface area (Å²) in [6, 6.07) is 16.2. The first kappa shape index (κ1) is 24.0. The van der Waals surface area contributed by atoms with Crippen molar-refractivity contribution in [2.75, 3.05) is 6.54 Å². The Bertz CT molecular complexity index is 1170. The van der Waals surface area contributed by atoms with Crippen LogP contribution in [0, 0.1) is 5.92 Å². The molecule has 0 saturated carbocycles. The van der Waals surface area contributed by atoms with Crippen molar-refractivity contribution in [3.05, 3.63) is 70.5 Å². The molecule has 2 aromatic carbocycles. The van der Waals surface area contributed by atoms with E-state index in [9.17, 15) is 0 Å². The van der Waals surface area contributed by atoms with Crippen LogP contribution in [0.2, 0.25) is 0 Å². The molecule has 1 aliphatic heterocycles. The largest absolute Gasteiger partial charge is 0.486 e.